The van der Waals surface area contributed by atoms with Crippen molar-refractivity contribution in [3.05, 3.63) is 42.0 Å². The van der Waals surface area contributed by atoms with Crippen molar-refractivity contribution in [1.29, 1.82) is 0 Å². The molecule has 5 rings (SSSR count). The van der Waals surface area contributed by atoms with Gasteiger partial charge in [-0.15, -0.1) is 0 Å². The Balaban J connectivity index is 1.31. The van der Waals surface area contributed by atoms with Crippen LogP contribution in [0.5, 0.6) is 11.5 Å². The predicted molar refractivity (Wildman–Crippen MR) is 107 cm³/mol. The van der Waals surface area contributed by atoms with E-state index in [0.717, 1.165) is 27.9 Å². The smallest absolute Gasteiger partial charge is 0.230 e. The number of nitrogens with zero attached hydrogens (tertiary/aromatic N) is 1. The van der Waals surface area contributed by atoms with E-state index in [4.69, 9.17) is 9.47 Å². The lowest BCUT2D eigenvalue weighted by Gasteiger charge is -2.18. The summed E-state index contributed by atoms with van der Waals surface area (Å²) in [6.07, 6.45) is 2.59. The molecule has 0 spiro atoms. The third-order valence-electron chi connectivity index (χ3n) is 5.24. The Morgan fingerprint density at radius 1 is 1.14 bits per heavy atom. The van der Waals surface area contributed by atoms with Crippen molar-refractivity contribution in [3.8, 4) is 11.5 Å². The molecule has 0 saturated heterocycles. The Bertz CT molecular complexity index is 1050. The van der Waals surface area contributed by atoms with Crippen LogP contribution >= 0.6 is 0 Å². The maximum Gasteiger partial charge on any atom is 0.230 e. The third-order valence-corrected chi connectivity index (χ3v) is 5.24. The van der Waals surface area contributed by atoms with Gasteiger partial charge in [-0.25, -0.2) is 0 Å². The molecule has 0 bridgehead atoms. The minimum absolute atomic E-state index is 0.127. The summed E-state index contributed by atoms with van der Waals surface area (Å²) in [6, 6.07) is 11.6. The fraction of sp³-hybridized carbons (Fsp3) is 0.333. The highest BCUT2D eigenvalue weighted by atomic mass is 16.6. The van der Waals surface area contributed by atoms with Gasteiger partial charge in [0.1, 0.15) is 13.2 Å². The van der Waals surface area contributed by atoms with Gasteiger partial charge in [0.25, 0.3) is 0 Å². The molecule has 28 heavy (non-hydrogen) atoms. The van der Waals surface area contributed by atoms with E-state index in [-0.39, 0.29) is 17.9 Å². The van der Waals surface area contributed by atoms with Gasteiger partial charge in [0.05, 0.1) is 11.9 Å². The molecule has 7 heteroatoms. The molecule has 7 nitrogen and oxygen atoms in total. The minimum atomic E-state index is -0.127. The lowest BCUT2D eigenvalue weighted by molar-refractivity contribution is -0.115. The summed E-state index contributed by atoms with van der Waals surface area (Å²) in [5, 5.41) is 14.6. The van der Waals surface area contributed by atoms with E-state index in [1.165, 1.54) is 12.8 Å². The van der Waals surface area contributed by atoms with E-state index in [9.17, 15) is 4.79 Å². The van der Waals surface area contributed by atoms with Gasteiger partial charge in [-0.2, -0.15) is 5.10 Å². The Morgan fingerprint density at radius 2 is 1.96 bits per heavy atom. The summed E-state index contributed by atoms with van der Waals surface area (Å²) in [7, 11) is 0. The number of amides is 1. The molecule has 2 heterocycles. The lowest BCUT2D eigenvalue weighted by Crippen LogP contribution is -2.17. The van der Waals surface area contributed by atoms with Crippen molar-refractivity contribution < 1.29 is 14.3 Å². The minimum Gasteiger partial charge on any atom is -0.486 e. The van der Waals surface area contributed by atoms with Crippen LogP contribution in [-0.4, -0.2) is 34.9 Å². The quantitative estimate of drug-likeness (QED) is 0.633. The Kier molecular flexibility index (Phi) is 3.89. The average Bonchev–Trinajstić information content (AvgIpc) is 3.29. The maximum absolute atomic E-state index is 12.6. The van der Waals surface area contributed by atoms with E-state index in [1.54, 1.807) is 0 Å². The van der Waals surface area contributed by atoms with Gasteiger partial charge in [-0.1, -0.05) is 6.07 Å². The Labute approximate surface area is 162 Å². The van der Waals surface area contributed by atoms with Crippen LogP contribution in [0.25, 0.3) is 10.9 Å². The molecule has 1 aromatic heterocycles. The Morgan fingerprint density at radius 3 is 2.79 bits per heavy atom. The van der Waals surface area contributed by atoms with E-state index in [0.29, 0.717) is 24.8 Å². The van der Waals surface area contributed by atoms with Gasteiger partial charge >= 0.3 is 0 Å². The fourth-order valence-corrected chi connectivity index (χ4v) is 3.41. The van der Waals surface area contributed by atoms with Crippen molar-refractivity contribution >= 4 is 28.3 Å². The molecule has 1 fully saturated rings. The molecule has 1 saturated carbocycles. The number of benzene rings is 2. The SMILES string of the molecule is CC1(Nc2ccc3[nH]nc(NC(=O)Cc4ccc5c(c4)OCCO5)c3c2)CC1. The van der Waals surface area contributed by atoms with Crippen LogP contribution in [0.15, 0.2) is 36.4 Å². The predicted octanol–water partition coefficient (Wildman–Crippen LogP) is 3.48. The van der Waals surface area contributed by atoms with Crippen LogP contribution in [0.1, 0.15) is 25.3 Å². The maximum atomic E-state index is 12.6. The van der Waals surface area contributed by atoms with Crippen LogP contribution in [-0.2, 0) is 11.2 Å². The topological polar surface area (TPSA) is 88.3 Å². The second kappa shape index (κ2) is 6.44. The molecule has 2 aliphatic rings. The summed E-state index contributed by atoms with van der Waals surface area (Å²) >= 11 is 0. The van der Waals surface area contributed by atoms with E-state index >= 15 is 0 Å². The fourth-order valence-electron chi connectivity index (χ4n) is 3.41. The van der Waals surface area contributed by atoms with Gasteiger partial charge in [-0.3, -0.25) is 9.89 Å². The number of carbonyl (C=O) groups is 1. The lowest BCUT2D eigenvalue weighted by atomic mass is 10.1. The molecule has 1 amide bonds. The van der Waals surface area contributed by atoms with Crippen LogP contribution in [0.3, 0.4) is 0 Å². The molecule has 1 aliphatic heterocycles. The second-order valence-corrected chi connectivity index (χ2v) is 7.72. The molecule has 0 radical (unpaired) electrons. The zero-order valence-electron chi connectivity index (χ0n) is 15.7. The summed E-state index contributed by atoms with van der Waals surface area (Å²) in [5.74, 6) is 1.82. The van der Waals surface area contributed by atoms with Crippen LogP contribution in [0.4, 0.5) is 11.5 Å². The van der Waals surface area contributed by atoms with Crippen molar-refractivity contribution in [2.75, 3.05) is 23.8 Å². The summed E-state index contributed by atoms with van der Waals surface area (Å²) in [6.45, 7) is 3.29. The number of hydrogen-bond donors (Lipinski definition) is 3. The van der Waals surface area contributed by atoms with E-state index in [1.807, 2.05) is 36.4 Å². The number of hydrogen-bond acceptors (Lipinski definition) is 5. The number of carbonyl (C=O) groups excluding carboxylic acids is 1. The van der Waals surface area contributed by atoms with Crippen molar-refractivity contribution in [3.63, 3.8) is 0 Å². The summed E-state index contributed by atoms with van der Waals surface area (Å²) < 4.78 is 11.1. The number of ether oxygens (including phenoxy) is 2. The van der Waals surface area contributed by atoms with Crippen molar-refractivity contribution in [1.82, 2.24) is 10.2 Å². The van der Waals surface area contributed by atoms with Gasteiger partial charge in [0.15, 0.2) is 17.3 Å². The molecular formula is C21H22N4O3. The standard InChI is InChI=1S/C21H22N4O3/c1-21(6-7-21)23-14-3-4-16-15(12-14)20(25-24-16)22-19(26)11-13-2-5-17-18(10-13)28-9-8-27-17/h2-5,10,12,23H,6-9,11H2,1H3,(H2,22,24,25,26). The molecule has 3 N–H and O–H groups in total. The molecular weight excluding hydrogens is 356 g/mol. The van der Waals surface area contributed by atoms with Crippen LogP contribution in [0, 0.1) is 0 Å². The number of aromatic nitrogens is 2. The number of nitrogens with one attached hydrogen (secondary N) is 3. The molecule has 0 unspecified atom stereocenters. The van der Waals surface area contributed by atoms with Gasteiger partial charge in [-0.05, 0) is 55.7 Å². The van der Waals surface area contributed by atoms with E-state index in [2.05, 4.69) is 27.8 Å². The number of rotatable bonds is 5. The highest BCUT2D eigenvalue weighted by molar-refractivity contribution is 6.01. The van der Waals surface area contributed by atoms with Crippen LogP contribution in [0.2, 0.25) is 0 Å². The van der Waals surface area contributed by atoms with Gasteiger partial charge < -0.3 is 20.1 Å². The zero-order valence-corrected chi connectivity index (χ0v) is 15.7. The van der Waals surface area contributed by atoms with Crippen molar-refractivity contribution in [2.24, 2.45) is 0 Å². The summed E-state index contributed by atoms with van der Waals surface area (Å²) in [4.78, 5) is 12.6. The normalized spacial score (nSPS) is 16.6. The monoisotopic (exact) mass is 378 g/mol. The number of anilines is 2. The highest BCUT2D eigenvalue weighted by Gasteiger charge is 2.37. The van der Waals surface area contributed by atoms with Gasteiger partial charge in [0, 0.05) is 16.6 Å². The van der Waals surface area contributed by atoms with Gasteiger partial charge in [0.2, 0.25) is 5.91 Å². The zero-order chi connectivity index (χ0) is 19.1. The largest absolute Gasteiger partial charge is 0.486 e. The molecule has 2 aromatic carbocycles. The second-order valence-electron chi connectivity index (χ2n) is 7.72. The Hall–Kier alpha value is -3.22. The molecule has 0 atom stereocenters. The number of fused-ring (bicyclic) bond motifs is 2. The molecule has 1 aliphatic carbocycles. The van der Waals surface area contributed by atoms with Crippen LogP contribution < -0.4 is 20.1 Å². The third kappa shape index (κ3) is 3.35. The average molecular weight is 378 g/mol. The molecule has 144 valence electrons. The first-order valence-electron chi connectivity index (χ1n) is 9.53. The number of H-pyrrole nitrogens is 1. The number of aromatic amines is 1. The van der Waals surface area contributed by atoms with Crippen molar-refractivity contribution in [2.45, 2.75) is 31.7 Å². The summed E-state index contributed by atoms with van der Waals surface area (Å²) in [5.41, 5.74) is 2.99. The highest BCUT2D eigenvalue weighted by Crippen LogP contribution is 2.39. The first kappa shape index (κ1) is 16.9. The first-order valence-corrected chi connectivity index (χ1v) is 9.53. The molecule has 3 aromatic rings. The van der Waals surface area contributed by atoms with E-state index < -0.39 is 0 Å². The first-order chi connectivity index (χ1) is 13.6.